The summed E-state index contributed by atoms with van der Waals surface area (Å²) in [5, 5.41) is 2.45. The van der Waals surface area contributed by atoms with Crippen molar-refractivity contribution in [2.45, 2.75) is 0 Å². The highest BCUT2D eigenvalue weighted by atomic mass is 35.5. The van der Waals surface area contributed by atoms with E-state index in [1.165, 1.54) is 0 Å². The van der Waals surface area contributed by atoms with Gasteiger partial charge in [0, 0.05) is 10.9 Å². The molecule has 0 amide bonds. The molecule has 3 rings (SSSR count). The number of fused-ring (bicyclic) bond motifs is 1. The van der Waals surface area contributed by atoms with Gasteiger partial charge in [0.2, 0.25) is 0 Å². The summed E-state index contributed by atoms with van der Waals surface area (Å²) in [6.45, 7) is 0. The fourth-order valence-electron chi connectivity index (χ4n) is 2.31. The lowest BCUT2D eigenvalue weighted by molar-refractivity contribution is 0.404. The lowest BCUT2D eigenvalue weighted by atomic mass is 10.1. The molecule has 1 heterocycles. The van der Waals surface area contributed by atoms with E-state index in [1.54, 1.807) is 14.2 Å². The van der Waals surface area contributed by atoms with E-state index in [-0.39, 0.29) is 0 Å². The van der Waals surface area contributed by atoms with Gasteiger partial charge >= 0.3 is 0 Å². The topological polar surface area (TPSA) is 31.4 Å². The first-order chi connectivity index (χ1) is 10.2. The molecule has 21 heavy (non-hydrogen) atoms. The highest BCUT2D eigenvalue weighted by Crippen LogP contribution is 2.35. The second-order valence-electron chi connectivity index (χ2n) is 4.59. The average Bonchev–Trinajstić information content (AvgIpc) is 2.54. The number of benzene rings is 2. The van der Waals surface area contributed by atoms with Crippen LogP contribution in [0.4, 0.5) is 0 Å². The minimum atomic E-state index is 0.480. The lowest BCUT2D eigenvalue weighted by Gasteiger charge is -2.11. The number of halogens is 1. The summed E-state index contributed by atoms with van der Waals surface area (Å²) in [7, 11) is 3.26. The standard InChI is InChI=1S/C17H14ClNO2/c1-20-12-7-8-16(21-2)14(10-12)15-9-11-5-3-4-6-13(11)17(18)19-15/h3-10H,1-2H3. The summed E-state index contributed by atoms with van der Waals surface area (Å²) < 4.78 is 10.7. The van der Waals surface area contributed by atoms with E-state index in [0.29, 0.717) is 5.15 Å². The van der Waals surface area contributed by atoms with Crippen molar-refractivity contribution in [3.05, 3.63) is 53.7 Å². The Balaban J connectivity index is 2.24. The third kappa shape index (κ3) is 2.52. The summed E-state index contributed by atoms with van der Waals surface area (Å²) in [5.74, 6) is 1.48. The molecular formula is C17H14ClNO2. The number of pyridine rings is 1. The molecule has 0 bridgehead atoms. The largest absolute Gasteiger partial charge is 0.497 e. The minimum absolute atomic E-state index is 0.480. The van der Waals surface area contributed by atoms with Crippen molar-refractivity contribution in [2.24, 2.45) is 0 Å². The van der Waals surface area contributed by atoms with Crippen molar-refractivity contribution < 1.29 is 9.47 Å². The van der Waals surface area contributed by atoms with Crippen molar-refractivity contribution in [3.63, 3.8) is 0 Å². The highest BCUT2D eigenvalue weighted by molar-refractivity contribution is 6.34. The molecule has 0 aliphatic carbocycles. The van der Waals surface area contributed by atoms with Crippen molar-refractivity contribution >= 4 is 22.4 Å². The number of ether oxygens (including phenoxy) is 2. The Hall–Kier alpha value is -2.26. The number of aromatic nitrogens is 1. The van der Waals surface area contributed by atoms with Crippen molar-refractivity contribution in [3.8, 4) is 22.8 Å². The highest BCUT2D eigenvalue weighted by Gasteiger charge is 2.11. The van der Waals surface area contributed by atoms with E-state index >= 15 is 0 Å². The zero-order chi connectivity index (χ0) is 14.8. The molecule has 0 saturated heterocycles. The van der Waals surface area contributed by atoms with E-state index in [0.717, 1.165) is 33.5 Å². The van der Waals surface area contributed by atoms with Crippen molar-refractivity contribution in [1.29, 1.82) is 0 Å². The number of nitrogens with zero attached hydrogens (tertiary/aromatic N) is 1. The van der Waals surface area contributed by atoms with Crippen LogP contribution in [-0.2, 0) is 0 Å². The van der Waals surface area contributed by atoms with Crippen LogP contribution in [0.25, 0.3) is 22.0 Å². The van der Waals surface area contributed by atoms with E-state index < -0.39 is 0 Å². The van der Waals surface area contributed by atoms with Gasteiger partial charge in [-0.3, -0.25) is 0 Å². The maximum atomic E-state index is 6.30. The van der Waals surface area contributed by atoms with Crippen LogP contribution in [-0.4, -0.2) is 19.2 Å². The van der Waals surface area contributed by atoms with E-state index in [9.17, 15) is 0 Å². The van der Waals surface area contributed by atoms with Gasteiger partial charge in [0.15, 0.2) is 0 Å². The maximum Gasteiger partial charge on any atom is 0.137 e. The van der Waals surface area contributed by atoms with Crippen LogP contribution in [0, 0.1) is 0 Å². The molecule has 106 valence electrons. The predicted molar refractivity (Wildman–Crippen MR) is 85.3 cm³/mol. The molecule has 3 aromatic rings. The van der Waals surface area contributed by atoms with Gasteiger partial charge < -0.3 is 9.47 Å². The lowest BCUT2D eigenvalue weighted by Crippen LogP contribution is -1.93. The summed E-state index contributed by atoms with van der Waals surface area (Å²) in [6, 6.07) is 15.5. The molecule has 0 N–H and O–H groups in total. The fourth-order valence-corrected chi connectivity index (χ4v) is 2.57. The minimum Gasteiger partial charge on any atom is -0.497 e. The van der Waals surface area contributed by atoms with Gasteiger partial charge in [-0.2, -0.15) is 0 Å². The number of hydrogen-bond acceptors (Lipinski definition) is 3. The number of methoxy groups -OCH3 is 2. The third-order valence-electron chi connectivity index (χ3n) is 3.38. The molecule has 0 saturated carbocycles. The predicted octanol–water partition coefficient (Wildman–Crippen LogP) is 4.57. The molecule has 2 aromatic carbocycles. The van der Waals surface area contributed by atoms with Gasteiger partial charge in [0.25, 0.3) is 0 Å². The maximum absolute atomic E-state index is 6.30. The van der Waals surface area contributed by atoms with Gasteiger partial charge in [-0.1, -0.05) is 35.9 Å². The summed E-state index contributed by atoms with van der Waals surface area (Å²) in [6.07, 6.45) is 0. The molecule has 0 fully saturated rings. The molecule has 4 heteroatoms. The molecular weight excluding hydrogens is 286 g/mol. The summed E-state index contributed by atoms with van der Waals surface area (Å²) in [4.78, 5) is 4.49. The summed E-state index contributed by atoms with van der Waals surface area (Å²) >= 11 is 6.30. The Kier molecular flexibility index (Phi) is 3.67. The van der Waals surface area contributed by atoms with Crippen molar-refractivity contribution in [1.82, 2.24) is 4.98 Å². The van der Waals surface area contributed by atoms with Crippen LogP contribution in [0.3, 0.4) is 0 Å². The molecule has 0 aliphatic rings. The molecule has 0 atom stereocenters. The zero-order valence-corrected chi connectivity index (χ0v) is 12.5. The first-order valence-corrected chi connectivity index (χ1v) is 6.88. The Morgan fingerprint density at radius 3 is 2.52 bits per heavy atom. The second-order valence-corrected chi connectivity index (χ2v) is 4.94. The van der Waals surface area contributed by atoms with Gasteiger partial charge in [0.1, 0.15) is 16.7 Å². The number of rotatable bonds is 3. The van der Waals surface area contributed by atoms with Gasteiger partial charge in [0.05, 0.1) is 19.9 Å². The monoisotopic (exact) mass is 299 g/mol. The van der Waals surface area contributed by atoms with Gasteiger partial charge in [-0.25, -0.2) is 4.98 Å². The molecule has 0 spiro atoms. The number of hydrogen-bond donors (Lipinski definition) is 0. The average molecular weight is 300 g/mol. The Bertz CT molecular complexity index is 802. The normalized spacial score (nSPS) is 10.6. The van der Waals surface area contributed by atoms with E-state index in [4.69, 9.17) is 21.1 Å². The molecule has 1 aromatic heterocycles. The van der Waals surface area contributed by atoms with Gasteiger partial charge in [-0.05, 0) is 29.7 Å². The third-order valence-corrected chi connectivity index (χ3v) is 3.66. The van der Waals surface area contributed by atoms with E-state index in [1.807, 2.05) is 48.5 Å². The second kappa shape index (κ2) is 5.62. The van der Waals surface area contributed by atoms with Crippen LogP contribution in [0.5, 0.6) is 11.5 Å². The van der Waals surface area contributed by atoms with Gasteiger partial charge in [-0.15, -0.1) is 0 Å². The van der Waals surface area contributed by atoms with Crippen LogP contribution in [0.2, 0.25) is 5.15 Å². The van der Waals surface area contributed by atoms with Crippen LogP contribution in [0.15, 0.2) is 48.5 Å². The fraction of sp³-hybridized carbons (Fsp3) is 0.118. The first-order valence-electron chi connectivity index (χ1n) is 6.50. The first kappa shape index (κ1) is 13.7. The SMILES string of the molecule is COc1ccc(OC)c(-c2cc3ccccc3c(Cl)n2)c1. The Labute approximate surface area is 128 Å². The van der Waals surface area contributed by atoms with Crippen LogP contribution in [0.1, 0.15) is 0 Å². The van der Waals surface area contributed by atoms with Crippen molar-refractivity contribution in [2.75, 3.05) is 14.2 Å². The zero-order valence-electron chi connectivity index (χ0n) is 11.8. The Morgan fingerprint density at radius 2 is 1.76 bits per heavy atom. The Morgan fingerprint density at radius 1 is 0.952 bits per heavy atom. The quantitative estimate of drug-likeness (QED) is 0.664. The molecule has 0 radical (unpaired) electrons. The van der Waals surface area contributed by atoms with E-state index in [2.05, 4.69) is 4.98 Å². The molecule has 3 nitrogen and oxygen atoms in total. The van der Waals surface area contributed by atoms with Crippen LogP contribution < -0.4 is 9.47 Å². The van der Waals surface area contributed by atoms with Crippen LogP contribution >= 0.6 is 11.6 Å². The smallest absolute Gasteiger partial charge is 0.137 e. The molecule has 0 aliphatic heterocycles. The summed E-state index contributed by atoms with van der Waals surface area (Å²) in [5.41, 5.74) is 1.61. The molecule has 0 unspecified atom stereocenters.